The fourth-order valence-corrected chi connectivity index (χ4v) is 8.50. The molecule has 4 heteroatoms. The van der Waals surface area contributed by atoms with Crippen LogP contribution in [0.4, 0.5) is 0 Å². The molecule has 2 atom stereocenters. The van der Waals surface area contributed by atoms with Crippen LogP contribution in [-0.2, 0) is 4.79 Å². The first-order valence-corrected chi connectivity index (χ1v) is 27.9. The minimum atomic E-state index is -0.869. The molecule has 0 bridgehead atoms. The standard InChI is InChI=1S/C58H109NO3/c1-3-5-7-9-11-13-15-17-19-20-21-22-23-24-25-26-27-28-29-30-31-32-33-34-35-36-37-38-40-42-44-46-48-50-52-54-58(62)59-56(55-60)57(61)53-51-49-47-45-43-41-39-18-16-14-12-10-8-6-4-2/h16,18,26-27,43,45,51,53,56-57,60-61H,3-15,17,19-25,28-42,44,46-50,52,54-55H2,1-2H3,(H,59,62)/b18-16+,27-26-,45-43+,53-51+. The van der Waals surface area contributed by atoms with E-state index in [1.165, 1.54) is 238 Å². The molecule has 3 N–H and O–H groups in total. The number of nitrogens with one attached hydrogen (secondary N) is 1. The highest BCUT2D eigenvalue weighted by molar-refractivity contribution is 5.76. The number of hydrogen-bond donors (Lipinski definition) is 3. The molecular weight excluding hydrogens is 759 g/mol. The molecule has 4 nitrogen and oxygen atoms in total. The van der Waals surface area contributed by atoms with E-state index in [4.69, 9.17) is 0 Å². The number of allylic oxidation sites excluding steroid dienone is 7. The molecule has 0 aliphatic carbocycles. The predicted octanol–water partition coefficient (Wildman–Crippen LogP) is 18.3. The van der Waals surface area contributed by atoms with E-state index in [1.54, 1.807) is 6.08 Å². The summed E-state index contributed by atoms with van der Waals surface area (Å²) in [4.78, 5) is 12.4. The van der Waals surface area contributed by atoms with E-state index in [1.807, 2.05) is 6.08 Å². The van der Waals surface area contributed by atoms with Crippen LogP contribution in [0.5, 0.6) is 0 Å². The zero-order valence-electron chi connectivity index (χ0n) is 41.9. The molecule has 2 unspecified atom stereocenters. The SMILES string of the molecule is CCCCCCC/C=C/CC/C=C/CC/C=C/C(O)C(CO)NC(=O)CCCCCCCCCCCCCCCCCCC/C=C\CCCCCCCCCCCCCCCC. The summed E-state index contributed by atoms with van der Waals surface area (Å²) in [5, 5.41) is 23.0. The molecule has 0 aromatic rings. The van der Waals surface area contributed by atoms with E-state index in [9.17, 15) is 15.0 Å². The highest BCUT2D eigenvalue weighted by atomic mass is 16.3. The monoisotopic (exact) mass is 868 g/mol. The summed E-state index contributed by atoms with van der Waals surface area (Å²) < 4.78 is 0. The molecule has 0 radical (unpaired) electrons. The van der Waals surface area contributed by atoms with Gasteiger partial charge in [-0.3, -0.25) is 4.79 Å². The molecule has 0 fully saturated rings. The summed E-state index contributed by atoms with van der Waals surface area (Å²) in [7, 11) is 0. The zero-order chi connectivity index (χ0) is 44.9. The van der Waals surface area contributed by atoms with E-state index < -0.39 is 12.1 Å². The van der Waals surface area contributed by atoms with Crippen molar-refractivity contribution in [3.05, 3.63) is 48.6 Å². The van der Waals surface area contributed by atoms with Crippen molar-refractivity contribution >= 4 is 5.91 Å². The Morgan fingerprint density at radius 1 is 0.371 bits per heavy atom. The summed E-state index contributed by atoms with van der Waals surface area (Å²) in [6, 6.07) is -0.645. The smallest absolute Gasteiger partial charge is 0.220 e. The Bertz CT molecular complexity index is 985. The van der Waals surface area contributed by atoms with Gasteiger partial charge in [-0.05, 0) is 70.6 Å². The Kier molecular flexibility index (Phi) is 52.3. The van der Waals surface area contributed by atoms with Crippen LogP contribution in [-0.4, -0.2) is 34.9 Å². The molecule has 0 aliphatic rings. The van der Waals surface area contributed by atoms with Crippen molar-refractivity contribution in [2.75, 3.05) is 6.61 Å². The Morgan fingerprint density at radius 2 is 0.629 bits per heavy atom. The van der Waals surface area contributed by atoms with Crippen molar-refractivity contribution in [2.45, 2.75) is 309 Å². The van der Waals surface area contributed by atoms with Gasteiger partial charge in [0.05, 0.1) is 18.8 Å². The number of carbonyl (C=O) groups excluding carboxylic acids is 1. The number of hydrogen-bond acceptors (Lipinski definition) is 3. The van der Waals surface area contributed by atoms with Gasteiger partial charge in [-0.1, -0.05) is 268 Å². The molecule has 62 heavy (non-hydrogen) atoms. The zero-order valence-corrected chi connectivity index (χ0v) is 41.9. The number of unbranched alkanes of at least 4 members (excludes halogenated alkanes) is 38. The molecule has 0 saturated carbocycles. The fourth-order valence-electron chi connectivity index (χ4n) is 8.50. The number of rotatable bonds is 51. The predicted molar refractivity (Wildman–Crippen MR) is 276 cm³/mol. The van der Waals surface area contributed by atoms with E-state index in [2.05, 4.69) is 55.6 Å². The normalized spacial score (nSPS) is 13.2. The van der Waals surface area contributed by atoms with Gasteiger partial charge in [-0.2, -0.15) is 0 Å². The van der Waals surface area contributed by atoms with Gasteiger partial charge in [0.15, 0.2) is 0 Å². The van der Waals surface area contributed by atoms with Crippen molar-refractivity contribution in [3.63, 3.8) is 0 Å². The van der Waals surface area contributed by atoms with Crippen LogP contribution in [0, 0.1) is 0 Å². The van der Waals surface area contributed by atoms with Gasteiger partial charge in [0, 0.05) is 6.42 Å². The van der Waals surface area contributed by atoms with Crippen LogP contribution in [0.3, 0.4) is 0 Å². The van der Waals surface area contributed by atoms with Crippen molar-refractivity contribution < 1.29 is 15.0 Å². The van der Waals surface area contributed by atoms with Crippen LogP contribution >= 0.6 is 0 Å². The second-order valence-corrected chi connectivity index (χ2v) is 19.0. The Balaban J connectivity index is 3.45. The molecule has 1 amide bonds. The molecule has 0 saturated heterocycles. The summed E-state index contributed by atoms with van der Waals surface area (Å²) >= 11 is 0. The van der Waals surface area contributed by atoms with E-state index in [-0.39, 0.29) is 12.5 Å². The van der Waals surface area contributed by atoms with Gasteiger partial charge < -0.3 is 15.5 Å². The lowest BCUT2D eigenvalue weighted by molar-refractivity contribution is -0.123. The van der Waals surface area contributed by atoms with Crippen LogP contribution < -0.4 is 5.32 Å². The maximum absolute atomic E-state index is 12.4. The van der Waals surface area contributed by atoms with E-state index in [0.29, 0.717) is 6.42 Å². The minimum Gasteiger partial charge on any atom is -0.394 e. The molecule has 0 aromatic heterocycles. The second-order valence-electron chi connectivity index (χ2n) is 19.0. The number of carbonyl (C=O) groups is 1. The second kappa shape index (κ2) is 53.7. The average Bonchev–Trinajstić information content (AvgIpc) is 3.28. The molecular formula is C58H109NO3. The first kappa shape index (κ1) is 60.4. The van der Waals surface area contributed by atoms with Crippen LogP contribution in [0.25, 0.3) is 0 Å². The number of aliphatic hydroxyl groups is 2. The average molecular weight is 869 g/mol. The molecule has 0 aliphatic heterocycles. The van der Waals surface area contributed by atoms with Gasteiger partial charge in [0.25, 0.3) is 0 Å². The maximum atomic E-state index is 12.4. The quantitative estimate of drug-likeness (QED) is 0.0421. The first-order chi connectivity index (χ1) is 30.7. The minimum absolute atomic E-state index is 0.0753. The number of aliphatic hydroxyl groups excluding tert-OH is 2. The molecule has 0 rings (SSSR count). The van der Waals surface area contributed by atoms with Gasteiger partial charge in [-0.15, -0.1) is 0 Å². The van der Waals surface area contributed by atoms with Crippen LogP contribution in [0.15, 0.2) is 48.6 Å². The van der Waals surface area contributed by atoms with Crippen molar-refractivity contribution in [1.29, 1.82) is 0 Å². The summed E-state index contributed by atoms with van der Waals surface area (Å²) in [5.74, 6) is -0.0753. The molecule has 0 spiro atoms. The summed E-state index contributed by atoms with van der Waals surface area (Å²) in [6.45, 7) is 4.30. The highest BCUT2D eigenvalue weighted by Crippen LogP contribution is 2.17. The summed E-state index contributed by atoms with van der Waals surface area (Å²) in [5.41, 5.74) is 0. The molecule has 364 valence electrons. The van der Waals surface area contributed by atoms with Gasteiger partial charge in [-0.25, -0.2) is 0 Å². The van der Waals surface area contributed by atoms with Crippen LogP contribution in [0.2, 0.25) is 0 Å². The van der Waals surface area contributed by atoms with Crippen LogP contribution in [0.1, 0.15) is 296 Å². The fraction of sp³-hybridized carbons (Fsp3) is 0.845. The highest BCUT2D eigenvalue weighted by Gasteiger charge is 2.18. The third-order valence-corrected chi connectivity index (χ3v) is 12.8. The van der Waals surface area contributed by atoms with Gasteiger partial charge in [0.2, 0.25) is 5.91 Å². The largest absolute Gasteiger partial charge is 0.394 e. The third kappa shape index (κ3) is 49.4. The lowest BCUT2D eigenvalue weighted by atomic mass is 10.0. The number of amides is 1. The van der Waals surface area contributed by atoms with E-state index in [0.717, 1.165) is 38.5 Å². The van der Waals surface area contributed by atoms with E-state index >= 15 is 0 Å². The Hall–Kier alpha value is -1.65. The third-order valence-electron chi connectivity index (χ3n) is 12.8. The van der Waals surface area contributed by atoms with Gasteiger partial charge in [0.1, 0.15) is 0 Å². The lowest BCUT2D eigenvalue weighted by Gasteiger charge is -2.19. The van der Waals surface area contributed by atoms with Crippen molar-refractivity contribution in [1.82, 2.24) is 5.32 Å². The molecule has 0 heterocycles. The molecule has 0 aromatic carbocycles. The lowest BCUT2D eigenvalue weighted by Crippen LogP contribution is -2.45. The van der Waals surface area contributed by atoms with Gasteiger partial charge >= 0.3 is 0 Å². The Labute approximate surface area is 388 Å². The summed E-state index contributed by atoms with van der Waals surface area (Å²) in [6.07, 6.45) is 74.3. The first-order valence-electron chi connectivity index (χ1n) is 27.9. The van der Waals surface area contributed by atoms with Crippen molar-refractivity contribution in [2.24, 2.45) is 0 Å². The maximum Gasteiger partial charge on any atom is 0.220 e. The topological polar surface area (TPSA) is 69.6 Å². The van der Waals surface area contributed by atoms with Crippen molar-refractivity contribution in [3.8, 4) is 0 Å². The Morgan fingerprint density at radius 3 is 0.935 bits per heavy atom.